The maximum atomic E-state index is 12.1. The molecule has 0 spiro atoms. The molecule has 96 valence electrons. The van der Waals surface area contributed by atoms with Crippen molar-refractivity contribution in [1.29, 1.82) is 0 Å². The van der Waals surface area contributed by atoms with E-state index in [1.807, 2.05) is 37.4 Å². The normalized spacial score (nSPS) is 15.7. The summed E-state index contributed by atoms with van der Waals surface area (Å²) in [5.74, 6) is -0.113. The quantitative estimate of drug-likeness (QED) is 0.413. The van der Waals surface area contributed by atoms with Crippen LogP contribution in [0.5, 0.6) is 0 Å². The molecule has 0 saturated heterocycles. The molecule has 5 heteroatoms. The number of benzene rings is 1. The molecule has 0 unspecified atom stereocenters. The highest BCUT2D eigenvalue weighted by molar-refractivity contribution is 14.1. The van der Waals surface area contributed by atoms with Gasteiger partial charge in [0, 0.05) is 21.0 Å². The number of nitrogen functional groups attached to an aromatic ring is 1. The molecule has 1 aromatic carbocycles. The third-order valence-electron chi connectivity index (χ3n) is 3.24. The van der Waals surface area contributed by atoms with Crippen LogP contribution in [0.2, 0.25) is 0 Å². The minimum absolute atomic E-state index is 0.113. The van der Waals surface area contributed by atoms with E-state index in [1.54, 1.807) is 0 Å². The van der Waals surface area contributed by atoms with Crippen molar-refractivity contribution in [3.63, 3.8) is 0 Å². The van der Waals surface area contributed by atoms with Crippen molar-refractivity contribution in [2.75, 3.05) is 11.1 Å². The number of aromatic amines is 1. The zero-order valence-electron chi connectivity index (χ0n) is 10.3. The molecular weight excluding hydrogens is 353 g/mol. The van der Waals surface area contributed by atoms with Crippen molar-refractivity contribution in [2.45, 2.75) is 6.92 Å². The van der Waals surface area contributed by atoms with E-state index in [-0.39, 0.29) is 5.91 Å². The highest BCUT2D eigenvalue weighted by Gasteiger charge is 2.27. The molecule has 1 amide bonds. The van der Waals surface area contributed by atoms with E-state index >= 15 is 0 Å². The van der Waals surface area contributed by atoms with Gasteiger partial charge in [0.05, 0.1) is 16.9 Å². The molecule has 3 rings (SSSR count). The number of amides is 1. The average molecular weight is 365 g/mol. The smallest absolute Gasteiger partial charge is 0.256 e. The monoisotopic (exact) mass is 365 g/mol. The van der Waals surface area contributed by atoms with E-state index in [4.69, 9.17) is 5.73 Å². The van der Waals surface area contributed by atoms with Gasteiger partial charge in [0.1, 0.15) is 0 Å². The van der Waals surface area contributed by atoms with Crippen molar-refractivity contribution in [3.05, 3.63) is 44.8 Å². The Morgan fingerprint density at radius 1 is 1.32 bits per heavy atom. The lowest BCUT2D eigenvalue weighted by atomic mass is 10.0. The molecule has 0 fully saturated rings. The van der Waals surface area contributed by atoms with Crippen molar-refractivity contribution < 1.29 is 4.79 Å². The number of H-pyrrole nitrogens is 1. The summed E-state index contributed by atoms with van der Waals surface area (Å²) >= 11 is 2.17. The Morgan fingerprint density at radius 3 is 2.79 bits per heavy atom. The van der Waals surface area contributed by atoms with Crippen LogP contribution >= 0.6 is 22.6 Å². The molecular formula is C14H12IN3O. The van der Waals surface area contributed by atoms with Gasteiger partial charge in [-0.25, -0.2) is 0 Å². The number of aromatic nitrogens is 1. The van der Waals surface area contributed by atoms with Gasteiger partial charge >= 0.3 is 0 Å². The molecule has 2 aromatic rings. The van der Waals surface area contributed by atoms with Gasteiger partial charge < -0.3 is 16.0 Å². The maximum Gasteiger partial charge on any atom is 0.256 e. The molecule has 2 heterocycles. The van der Waals surface area contributed by atoms with Crippen molar-refractivity contribution in [1.82, 2.24) is 4.98 Å². The van der Waals surface area contributed by atoms with E-state index in [9.17, 15) is 4.79 Å². The third kappa shape index (κ3) is 1.94. The molecule has 4 nitrogen and oxygen atoms in total. The van der Waals surface area contributed by atoms with Gasteiger partial charge in [-0.1, -0.05) is 0 Å². The van der Waals surface area contributed by atoms with Crippen LogP contribution in [0, 0.1) is 10.5 Å². The Hall–Kier alpha value is -1.76. The second-order valence-electron chi connectivity index (χ2n) is 4.47. The Labute approximate surface area is 124 Å². The Morgan fingerprint density at radius 2 is 2.11 bits per heavy atom. The van der Waals surface area contributed by atoms with Gasteiger partial charge in [0.15, 0.2) is 0 Å². The fraction of sp³-hybridized carbons (Fsp3) is 0.0714. The first-order chi connectivity index (χ1) is 9.08. The minimum Gasteiger partial charge on any atom is -0.397 e. The van der Waals surface area contributed by atoms with Gasteiger partial charge in [-0.2, -0.15) is 0 Å². The standard InChI is InChI=1S/C14H12IN3O/c1-7-4-5-17-11(7)6-8-12-10(18-14(8)19)3-2-9(15)13(12)16/h2-6,17H,16H2,1H3,(H,18,19)/b8-6-. The molecule has 1 aliphatic heterocycles. The van der Waals surface area contributed by atoms with Crippen LogP contribution in [0.1, 0.15) is 16.8 Å². The molecule has 0 atom stereocenters. The Balaban J connectivity index is 2.21. The topological polar surface area (TPSA) is 70.9 Å². The summed E-state index contributed by atoms with van der Waals surface area (Å²) in [6, 6.07) is 5.75. The largest absolute Gasteiger partial charge is 0.397 e. The Kier molecular flexibility index (Phi) is 2.85. The van der Waals surface area contributed by atoms with Crippen LogP contribution in [0.15, 0.2) is 24.4 Å². The van der Waals surface area contributed by atoms with Gasteiger partial charge in [-0.05, 0) is 59.4 Å². The number of nitrogens with two attached hydrogens (primary N) is 1. The summed E-state index contributed by atoms with van der Waals surface area (Å²) in [6.07, 6.45) is 3.70. The predicted molar refractivity (Wildman–Crippen MR) is 85.6 cm³/mol. The van der Waals surface area contributed by atoms with Gasteiger partial charge in [-0.15, -0.1) is 0 Å². The number of hydrogen-bond donors (Lipinski definition) is 3. The van der Waals surface area contributed by atoms with Crippen molar-refractivity contribution in [2.24, 2.45) is 0 Å². The number of rotatable bonds is 1. The molecule has 4 N–H and O–H groups in total. The number of hydrogen-bond acceptors (Lipinski definition) is 2. The fourth-order valence-electron chi connectivity index (χ4n) is 2.19. The van der Waals surface area contributed by atoms with Crippen LogP contribution in [0.3, 0.4) is 0 Å². The SMILES string of the molecule is Cc1cc[nH]c1/C=C1\C(=O)Nc2ccc(I)c(N)c21. The number of aryl methyl sites for hydroxylation is 1. The van der Waals surface area contributed by atoms with E-state index in [1.165, 1.54) is 0 Å². The molecule has 1 aromatic heterocycles. The number of nitrogens with one attached hydrogen (secondary N) is 2. The van der Waals surface area contributed by atoms with E-state index in [0.717, 1.165) is 26.1 Å². The number of fused-ring (bicyclic) bond motifs is 1. The maximum absolute atomic E-state index is 12.1. The zero-order valence-corrected chi connectivity index (χ0v) is 12.4. The molecule has 0 saturated carbocycles. The summed E-state index contributed by atoms with van der Waals surface area (Å²) in [5.41, 5.74) is 11.0. The second-order valence-corrected chi connectivity index (χ2v) is 5.63. The van der Waals surface area contributed by atoms with Crippen LogP contribution < -0.4 is 11.1 Å². The predicted octanol–water partition coefficient (Wildman–Crippen LogP) is 3.00. The first-order valence-corrected chi connectivity index (χ1v) is 6.91. The Bertz CT molecular complexity index is 715. The lowest BCUT2D eigenvalue weighted by molar-refractivity contribution is -0.110. The summed E-state index contributed by atoms with van der Waals surface area (Å²) in [4.78, 5) is 15.2. The van der Waals surface area contributed by atoms with E-state index in [0.29, 0.717) is 11.3 Å². The van der Waals surface area contributed by atoms with Crippen LogP contribution in [0.25, 0.3) is 11.6 Å². The summed E-state index contributed by atoms with van der Waals surface area (Å²) in [6.45, 7) is 1.99. The lowest BCUT2D eigenvalue weighted by Crippen LogP contribution is -2.03. The molecule has 19 heavy (non-hydrogen) atoms. The first-order valence-electron chi connectivity index (χ1n) is 5.83. The second kappa shape index (κ2) is 4.41. The molecule has 0 bridgehead atoms. The number of carbonyl (C=O) groups is 1. The van der Waals surface area contributed by atoms with Crippen molar-refractivity contribution >= 4 is 51.5 Å². The van der Waals surface area contributed by atoms with Gasteiger partial charge in [0.25, 0.3) is 5.91 Å². The van der Waals surface area contributed by atoms with Crippen LogP contribution in [0.4, 0.5) is 11.4 Å². The van der Waals surface area contributed by atoms with Crippen molar-refractivity contribution in [3.8, 4) is 0 Å². The summed E-state index contributed by atoms with van der Waals surface area (Å²) in [7, 11) is 0. The highest BCUT2D eigenvalue weighted by Crippen LogP contribution is 2.39. The fourth-order valence-corrected chi connectivity index (χ4v) is 2.64. The first kappa shape index (κ1) is 12.3. The van der Waals surface area contributed by atoms with Gasteiger partial charge in [-0.3, -0.25) is 4.79 Å². The number of carbonyl (C=O) groups excluding carboxylic acids is 1. The lowest BCUT2D eigenvalue weighted by Gasteiger charge is -2.05. The van der Waals surface area contributed by atoms with E-state index < -0.39 is 0 Å². The number of halogens is 1. The number of anilines is 2. The third-order valence-corrected chi connectivity index (χ3v) is 4.18. The van der Waals surface area contributed by atoms with Gasteiger partial charge in [0.2, 0.25) is 0 Å². The van der Waals surface area contributed by atoms with Crippen LogP contribution in [-0.4, -0.2) is 10.9 Å². The van der Waals surface area contributed by atoms with E-state index in [2.05, 4.69) is 32.9 Å². The molecule has 0 radical (unpaired) electrons. The van der Waals surface area contributed by atoms with Crippen LogP contribution in [-0.2, 0) is 4.79 Å². The average Bonchev–Trinajstić information content (AvgIpc) is 2.91. The summed E-state index contributed by atoms with van der Waals surface area (Å²) in [5, 5.41) is 2.84. The zero-order chi connectivity index (χ0) is 13.6. The minimum atomic E-state index is -0.113. The summed E-state index contributed by atoms with van der Waals surface area (Å²) < 4.78 is 0.946. The molecule has 0 aliphatic carbocycles. The molecule has 1 aliphatic rings. The highest BCUT2D eigenvalue weighted by atomic mass is 127.